The van der Waals surface area contributed by atoms with Crippen LogP contribution in [0.5, 0.6) is 0 Å². The normalized spacial score (nSPS) is 17.4. The molecular formula is C16H19ClF3N3O2. The average molecular weight is 378 g/mol. The van der Waals surface area contributed by atoms with Crippen molar-refractivity contribution in [2.24, 2.45) is 0 Å². The predicted molar refractivity (Wildman–Crippen MR) is 88.4 cm³/mol. The molecule has 0 saturated carbocycles. The number of likely N-dealkylation sites (N-methyl/N-ethyl adjacent to an activating group) is 1. The zero-order valence-electron chi connectivity index (χ0n) is 13.6. The summed E-state index contributed by atoms with van der Waals surface area (Å²) in [7, 11) is 1.49. The van der Waals surface area contributed by atoms with Crippen molar-refractivity contribution in [2.45, 2.75) is 31.5 Å². The lowest BCUT2D eigenvalue weighted by Gasteiger charge is -2.19. The van der Waals surface area contributed by atoms with Gasteiger partial charge in [-0.2, -0.15) is 13.2 Å². The molecule has 25 heavy (non-hydrogen) atoms. The highest BCUT2D eigenvalue weighted by molar-refractivity contribution is 6.31. The number of hydrogen-bond donors (Lipinski definition) is 2. The molecule has 1 aromatic carbocycles. The van der Waals surface area contributed by atoms with Crippen LogP contribution in [0.3, 0.4) is 0 Å². The predicted octanol–water partition coefficient (Wildman–Crippen LogP) is 2.90. The summed E-state index contributed by atoms with van der Waals surface area (Å²) in [4.78, 5) is 25.3. The fraction of sp³-hybridized carbons (Fsp3) is 0.500. The first-order chi connectivity index (χ1) is 11.7. The van der Waals surface area contributed by atoms with Gasteiger partial charge in [0.05, 0.1) is 17.1 Å². The summed E-state index contributed by atoms with van der Waals surface area (Å²) in [6.07, 6.45) is -2.39. The van der Waals surface area contributed by atoms with E-state index in [1.807, 2.05) is 0 Å². The van der Waals surface area contributed by atoms with Crippen molar-refractivity contribution in [1.82, 2.24) is 10.2 Å². The van der Waals surface area contributed by atoms with Crippen molar-refractivity contribution in [3.05, 3.63) is 28.8 Å². The molecule has 0 spiro atoms. The van der Waals surface area contributed by atoms with E-state index in [4.69, 9.17) is 11.6 Å². The largest absolute Gasteiger partial charge is 0.417 e. The molecule has 1 atom stereocenters. The third-order valence-corrected chi connectivity index (χ3v) is 4.28. The summed E-state index contributed by atoms with van der Waals surface area (Å²) in [6, 6.07) is 3.23. The number of benzene rings is 1. The Bertz CT molecular complexity index is 646. The van der Waals surface area contributed by atoms with Crippen LogP contribution in [0.4, 0.5) is 18.9 Å². The van der Waals surface area contributed by atoms with E-state index in [0.717, 1.165) is 31.5 Å². The third-order valence-electron chi connectivity index (χ3n) is 3.95. The summed E-state index contributed by atoms with van der Waals surface area (Å²) in [5.41, 5.74) is -1.05. The van der Waals surface area contributed by atoms with Crippen LogP contribution in [0.25, 0.3) is 0 Å². The number of carbonyl (C=O) groups excluding carboxylic acids is 2. The van der Waals surface area contributed by atoms with E-state index in [9.17, 15) is 22.8 Å². The highest BCUT2D eigenvalue weighted by Crippen LogP contribution is 2.36. The molecule has 1 unspecified atom stereocenters. The Balaban J connectivity index is 1.92. The molecule has 0 radical (unpaired) electrons. The maximum atomic E-state index is 12.8. The third kappa shape index (κ3) is 5.61. The Hall–Kier alpha value is -1.80. The fourth-order valence-electron chi connectivity index (χ4n) is 2.62. The molecule has 1 saturated heterocycles. The molecule has 0 aromatic heterocycles. The van der Waals surface area contributed by atoms with Crippen molar-refractivity contribution in [3.63, 3.8) is 0 Å². The van der Waals surface area contributed by atoms with Crippen LogP contribution in [0.1, 0.15) is 24.8 Å². The Morgan fingerprint density at radius 1 is 1.40 bits per heavy atom. The van der Waals surface area contributed by atoms with Crippen molar-refractivity contribution in [1.29, 1.82) is 0 Å². The number of rotatable bonds is 5. The second-order valence-electron chi connectivity index (χ2n) is 5.99. The number of hydrogen-bond acceptors (Lipinski definition) is 3. The van der Waals surface area contributed by atoms with Gasteiger partial charge in [-0.15, -0.1) is 0 Å². The molecule has 2 rings (SSSR count). The Morgan fingerprint density at radius 2 is 2.12 bits per heavy atom. The molecule has 138 valence electrons. The molecule has 1 aliphatic rings. The second-order valence-corrected chi connectivity index (χ2v) is 6.39. The summed E-state index contributed by atoms with van der Waals surface area (Å²) < 4.78 is 38.5. The summed E-state index contributed by atoms with van der Waals surface area (Å²) in [5.74, 6) is -0.771. The van der Waals surface area contributed by atoms with Crippen LogP contribution in [-0.4, -0.2) is 42.9 Å². The molecule has 5 nitrogen and oxygen atoms in total. The van der Waals surface area contributed by atoms with Crippen LogP contribution < -0.4 is 10.6 Å². The van der Waals surface area contributed by atoms with Crippen LogP contribution in [0.15, 0.2) is 18.2 Å². The zero-order valence-corrected chi connectivity index (χ0v) is 14.4. The first-order valence-corrected chi connectivity index (χ1v) is 8.18. The molecule has 1 aliphatic heterocycles. The number of halogens is 4. The van der Waals surface area contributed by atoms with Gasteiger partial charge < -0.3 is 15.5 Å². The van der Waals surface area contributed by atoms with Gasteiger partial charge in [-0.1, -0.05) is 11.6 Å². The number of alkyl halides is 3. The molecule has 1 heterocycles. The summed E-state index contributed by atoms with van der Waals surface area (Å²) in [6.45, 7) is 0.635. The van der Waals surface area contributed by atoms with E-state index < -0.39 is 22.7 Å². The lowest BCUT2D eigenvalue weighted by molar-refractivity contribution is -0.137. The monoisotopic (exact) mass is 377 g/mol. The Labute approximate surface area is 148 Å². The highest BCUT2D eigenvalue weighted by atomic mass is 35.5. The van der Waals surface area contributed by atoms with Gasteiger partial charge in [0.25, 0.3) is 0 Å². The van der Waals surface area contributed by atoms with Gasteiger partial charge in [-0.05, 0) is 37.6 Å². The quantitative estimate of drug-likeness (QED) is 0.829. The highest BCUT2D eigenvalue weighted by Gasteiger charge is 2.33. The van der Waals surface area contributed by atoms with Crippen molar-refractivity contribution >= 4 is 29.1 Å². The van der Waals surface area contributed by atoms with Crippen molar-refractivity contribution in [3.8, 4) is 0 Å². The molecule has 0 aliphatic carbocycles. The topological polar surface area (TPSA) is 61.4 Å². The van der Waals surface area contributed by atoms with Crippen LogP contribution in [0, 0.1) is 0 Å². The smallest absolute Gasteiger partial charge is 0.336 e. The van der Waals surface area contributed by atoms with Gasteiger partial charge in [-0.25, -0.2) is 0 Å². The maximum absolute atomic E-state index is 12.8. The van der Waals surface area contributed by atoms with Crippen LogP contribution >= 0.6 is 11.6 Å². The van der Waals surface area contributed by atoms with Gasteiger partial charge in [0.2, 0.25) is 11.8 Å². The van der Waals surface area contributed by atoms with E-state index in [1.165, 1.54) is 18.0 Å². The Kier molecular flexibility index (Phi) is 6.29. The van der Waals surface area contributed by atoms with Crippen molar-refractivity contribution < 1.29 is 22.8 Å². The first kappa shape index (κ1) is 19.5. The number of nitrogens with one attached hydrogen (secondary N) is 2. The van der Waals surface area contributed by atoms with Gasteiger partial charge in [0.1, 0.15) is 0 Å². The molecule has 1 fully saturated rings. The van der Waals surface area contributed by atoms with E-state index in [2.05, 4.69) is 10.6 Å². The SMILES string of the molecule is CN(CC(=O)Nc1ccc(Cl)c(C(F)(F)F)c1)C(=O)CC1CCCN1. The molecule has 0 bridgehead atoms. The molecule has 1 aromatic rings. The van der Waals surface area contributed by atoms with Crippen LogP contribution in [0.2, 0.25) is 5.02 Å². The van der Waals surface area contributed by atoms with Crippen molar-refractivity contribution in [2.75, 3.05) is 25.5 Å². The second kappa shape index (κ2) is 8.05. The van der Waals surface area contributed by atoms with Gasteiger partial charge in [0.15, 0.2) is 0 Å². The molecule has 2 N–H and O–H groups in total. The first-order valence-electron chi connectivity index (χ1n) is 7.81. The summed E-state index contributed by atoms with van der Waals surface area (Å²) in [5, 5.41) is 5.11. The number of amides is 2. The number of anilines is 1. The average Bonchev–Trinajstić information content (AvgIpc) is 3.00. The van der Waals surface area contributed by atoms with E-state index >= 15 is 0 Å². The van der Waals surface area contributed by atoms with Gasteiger partial charge in [-0.3, -0.25) is 9.59 Å². The maximum Gasteiger partial charge on any atom is 0.417 e. The van der Waals surface area contributed by atoms with E-state index in [-0.39, 0.29) is 24.2 Å². The lowest BCUT2D eigenvalue weighted by atomic mass is 10.1. The molecule has 2 amide bonds. The molecule has 9 heteroatoms. The minimum Gasteiger partial charge on any atom is -0.336 e. The van der Waals surface area contributed by atoms with Gasteiger partial charge in [0, 0.05) is 25.2 Å². The van der Waals surface area contributed by atoms with Gasteiger partial charge >= 0.3 is 6.18 Å². The molecular weight excluding hydrogens is 359 g/mol. The summed E-state index contributed by atoms with van der Waals surface area (Å²) >= 11 is 5.53. The minimum absolute atomic E-state index is 0.0277. The zero-order chi connectivity index (χ0) is 18.6. The van der Waals surface area contributed by atoms with E-state index in [0.29, 0.717) is 6.42 Å². The van der Waals surface area contributed by atoms with Crippen LogP contribution in [-0.2, 0) is 15.8 Å². The Morgan fingerprint density at radius 3 is 2.72 bits per heavy atom. The minimum atomic E-state index is -4.61. The standard InChI is InChI=1S/C16H19ClF3N3O2/c1-23(15(25)8-10-3-2-6-21-10)9-14(24)22-11-4-5-13(17)12(7-11)16(18,19)20/h4-5,7,10,21H,2-3,6,8-9H2,1H3,(H,22,24). The lowest BCUT2D eigenvalue weighted by Crippen LogP contribution is -2.38. The number of nitrogens with zero attached hydrogens (tertiary/aromatic N) is 1. The fourth-order valence-corrected chi connectivity index (χ4v) is 2.85. The number of carbonyl (C=O) groups is 2. The van der Waals surface area contributed by atoms with E-state index in [1.54, 1.807) is 0 Å².